The molecule has 21 nitrogen and oxygen atoms in total. The maximum atomic E-state index is 16.9. The van der Waals surface area contributed by atoms with Crippen LogP contribution in [-0.4, -0.2) is 154 Å². The summed E-state index contributed by atoms with van der Waals surface area (Å²) in [4.78, 5) is 62.8. The molecule has 4 fully saturated rings. The van der Waals surface area contributed by atoms with Crippen molar-refractivity contribution >= 4 is 56.9 Å². The number of likely N-dealkylation sites (N-methyl/N-ethyl adjacent to an activating group) is 1. The van der Waals surface area contributed by atoms with E-state index in [0.717, 1.165) is 59.4 Å². The number of ether oxygens (including phenoxy) is 4. The average Bonchev–Trinajstić information content (AvgIpc) is 1.71. The second-order valence-corrected chi connectivity index (χ2v) is 28.0. The van der Waals surface area contributed by atoms with Crippen molar-refractivity contribution in [3.8, 4) is 44.6 Å². The molecule has 3 saturated heterocycles. The smallest absolute Gasteiger partial charge is 0.410 e. The van der Waals surface area contributed by atoms with Crippen LogP contribution < -0.4 is 19.7 Å². The van der Waals surface area contributed by atoms with Gasteiger partial charge in [-0.2, -0.15) is 15.1 Å². The molecule has 492 valence electrons. The van der Waals surface area contributed by atoms with E-state index >= 15 is 8.78 Å². The Morgan fingerprint density at radius 3 is 2.34 bits per heavy atom. The number of nitrogens with one attached hydrogen (secondary N) is 1. The maximum Gasteiger partial charge on any atom is 0.410 e. The summed E-state index contributed by atoms with van der Waals surface area (Å²) >= 11 is 1.53. The first kappa shape index (κ1) is 64.9. The Morgan fingerprint density at radius 1 is 0.925 bits per heavy atom. The van der Waals surface area contributed by atoms with Gasteiger partial charge in [-0.15, -0.1) is 16.4 Å². The minimum atomic E-state index is -1.75. The molecular weight excluding hydrogens is 1210 g/mol. The highest BCUT2D eigenvalue weighted by Crippen LogP contribution is 2.54. The van der Waals surface area contributed by atoms with Gasteiger partial charge in [0.1, 0.15) is 59.4 Å². The summed E-state index contributed by atoms with van der Waals surface area (Å²) < 4.78 is 61.0. The number of likely N-dealkylation sites (tertiary alicyclic amines) is 2. The number of anilines is 1. The quantitative estimate of drug-likeness (QED) is 0.0643. The molecule has 3 aliphatic heterocycles. The number of thiazole rings is 1. The number of carbonyl (C=O) groups is 3. The number of benzene rings is 4. The van der Waals surface area contributed by atoms with E-state index in [9.17, 15) is 24.6 Å². The maximum absolute atomic E-state index is 16.9. The predicted octanol–water partition coefficient (Wildman–Crippen LogP) is 11.5. The Balaban J connectivity index is 0.862. The van der Waals surface area contributed by atoms with Gasteiger partial charge < -0.3 is 49.2 Å². The molecule has 0 radical (unpaired) electrons. The number of nitrogens with zero attached hydrogens (tertiary/aromatic N) is 11. The standard InChI is InChI=1S/C69H82F2N12O9S/c1-38(2)60(65(87)81-32-47(85)27-55(81)64(86)74-53(34-84)44-20-22-45(23-21-44)62-40(4)72-37-93-62)82-33-52(77-78-82)43-16-14-41(15-17-43)35-90-61-58(57-39(3)51(70)29-54-50(57)30-73-83(54)56-13-11-12-26-89-56)48(42-18-19-42)28-49-59(61)75-66(91-36-69(8,9)71)76-63(49)79(10)46-24-25-80(31-46)67(88)92-68(5,6)7/h14-17,20-23,28-30,33,37-38,42,46-47,53,55-56,60,84-85H,11-13,18-19,24-27,31-32,34-36H2,1-10H3,(H,74,86)/t46-,47+,53-,55-,56?,60-/m0/s1. The van der Waals surface area contributed by atoms with Gasteiger partial charge in [-0.05, 0) is 133 Å². The number of rotatable bonds is 20. The van der Waals surface area contributed by atoms with Gasteiger partial charge in [-0.1, -0.05) is 67.6 Å². The number of aliphatic hydroxyl groups excluding tert-OH is 2. The minimum absolute atomic E-state index is 0.00510. The fourth-order valence-electron chi connectivity index (χ4n) is 13.0. The minimum Gasteiger partial charge on any atom is -0.486 e. The molecule has 1 aliphatic carbocycles. The Labute approximate surface area is 543 Å². The number of amides is 3. The van der Waals surface area contributed by atoms with Gasteiger partial charge in [0.2, 0.25) is 11.8 Å². The number of halogens is 2. The van der Waals surface area contributed by atoms with E-state index in [-0.39, 0.29) is 62.9 Å². The molecule has 1 saturated carbocycles. The van der Waals surface area contributed by atoms with Gasteiger partial charge in [-0.25, -0.2) is 27.9 Å². The van der Waals surface area contributed by atoms with E-state index in [1.54, 1.807) is 34.4 Å². The molecule has 0 bridgehead atoms. The van der Waals surface area contributed by atoms with Crippen LogP contribution in [-0.2, 0) is 25.7 Å². The van der Waals surface area contributed by atoms with Crippen LogP contribution in [0.25, 0.3) is 54.6 Å². The normalized spacial score (nSPS) is 19.4. The third-order valence-electron chi connectivity index (χ3n) is 18.0. The van der Waals surface area contributed by atoms with Gasteiger partial charge in [0.05, 0.1) is 52.7 Å². The molecule has 4 aromatic heterocycles. The number of hydrogen-bond donors (Lipinski definition) is 3. The lowest BCUT2D eigenvalue weighted by Gasteiger charge is -2.30. The zero-order chi connectivity index (χ0) is 65.8. The lowest BCUT2D eigenvalue weighted by molar-refractivity contribution is -0.142. The van der Waals surface area contributed by atoms with Crippen molar-refractivity contribution < 1.29 is 52.3 Å². The third-order valence-corrected chi connectivity index (χ3v) is 18.9. The highest BCUT2D eigenvalue weighted by atomic mass is 32.1. The number of alkyl halides is 1. The first-order valence-electron chi connectivity index (χ1n) is 32.1. The summed E-state index contributed by atoms with van der Waals surface area (Å²) in [7, 11) is 1.92. The van der Waals surface area contributed by atoms with Crippen molar-refractivity contribution in [1.29, 1.82) is 0 Å². The molecule has 7 heterocycles. The van der Waals surface area contributed by atoms with Crippen LogP contribution in [0.15, 0.2) is 78.6 Å². The SMILES string of the molecule is Cc1ncsc1-c1ccc([C@H](CO)NC(=O)[C@@H]2C[C@@H](O)CN2C(=O)[C@H](C(C)C)n2cc(-c3ccc(COc4c(-c5c(C)c(F)cc6c5cnn6C5CCCCO5)c(C5CC5)cc5c(N(C)[C@H]6CCN(C(=O)OC(C)(C)C)C6)nc(OCC(C)(C)F)nc45)cc3)nn2)cc1. The van der Waals surface area contributed by atoms with Crippen LogP contribution in [0.5, 0.6) is 11.8 Å². The number of β-amino-alcohol motifs (C(OH)–C–C–N with tert-alkyl or cyclic N) is 1. The zero-order valence-electron chi connectivity index (χ0n) is 54.4. The lowest BCUT2D eigenvalue weighted by atomic mass is 9.88. The van der Waals surface area contributed by atoms with Crippen LogP contribution in [0.3, 0.4) is 0 Å². The van der Waals surface area contributed by atoms with E-state index in [1.165, 1.54) is 40.8 Å². The van der Waals surface area contributed by atoms with Crippen LogP contribution >= 0.6 is 11.3 Å². The van der Waals surface area contributed by atoms with Crippen molar-refractivity contribution in [1.82, 2.24) is 54.8 Å². The molecule has 6 atom stereocenters. The largest absolute Gasteiger partial charge is 0.486 e. The van der Waals surface area contributed by atoms with Gasteiger partial charge in [-0.3, -0.25) is 9.59 Å². The molecule has 12 rings (SSSR count). The molecule has 1 unspecified atom stereocenters. The van der Waals surface area contributed by atoms with E-state index in [4.69, 9.17) is 34.0 Å². The average molecular weight is 1290 g/mol. The van der Waals surface area contributed by atoms with Crippen LogP contribution in [0, 0.1) is 25.6 Å². The Morgan fingerprint density at radius 2 is 1.68 bits per heavy atom. The molecule has 93 heavy (non-hydrogen) atoms. The predicted molar refractivity (Wildman–Crippen MR) is 349 cm³/mol. The zero-order valence-corrected chi connectivity index (χ0v) is 55.2. The Bertz CT molecular complexity index is 4060. The Hall–Kier alpha value is -8.19. The molecule has 8 aromatic rings. The molecule has 3 amide bonds. The van der Waals surface area contributed by atoms with Crippen LogP contribution in [0.2, 0.25) is 0 Å². The van der Waals surface area contributed by atoms with Crippen molar-refractivity contribution in [3.05, 3.63) is 112 Å². The van der Waals surface area contributed by atoms with Gasteiger partial charge in [0, 0.05) is 79.3 Å². The van der Waals surface area contributed by atoms with Crippen molar-refractivity contribution in [2.75, 3.05) is 51.4 Å². The summed E-state index contributed by atoms with van der Waals surface area (Å²) in [6.45, 7) is 16.4. The van der Waals surface area contributed by atoms with E-state index < -0.39 is 59.2 Å². The highest BCUT2D eigenvalue weighted by molar-refractivity contribution is 7.13. The first-order valence-corrected chi connectivity index (χ1v) is 33.0. The van der Waals surface area contributed by atoms with Crippen molar-refractivity contribution in [3.63, 3.8) is 0 Å². The number of carbonyl (C=O) groups excluding carboxylic acids is 3. The molecule has 3 N–H and O–H groups in total. The fourth-order valence-corrected chi connectivity index (χ4v) is 13.8. The van der Waals surface area contributed by atoms with Crippen LogP contribution in [0.4, 0.5) is 19.4 Å². The summed E-state index contributed by atoms with van der Waals surface area (Å²) in [5.41, 5.74) is 7.31. The lowest BCUT2D eigenvalue weighted by Crippen LogP contribution is -2.50. The summed E-state index contributed by atoms with van der Waals surface area (Å²) in [5, 5.41) is 39.6. The monoisotopic (exact) mass is 1290 g/mol. The van der Waals surface area contributed by atoms with Crippen molar-refractivity contribution in [2.24, 2.45) is 5.92 Å². The number of fused-ring (bicyclic) bond motifs is 2. The van der Waals surface area contributed by atoms with Crippen LogP contribution in [0.1, 0.15) is 146 Å². The summed E-state index contributed by atoms with van der Waals surface area (Å²) in [6.07, 6.45) is 6.68. The van der Waals surface area contributed by atoms with E-state index in [1.807, 2.05) is 102 Å². The molecule has 24 heteroatoms. The molecule has 0 spiro atoms. The number of aryl methyl sites for hydroxylation is 1. The topological polar surface area (TPSA) is 238 Å². The molecular formula is C69H82F2N12O9S. The van der Waals surface area contributed by atoms with Gasteiger partial charge in [0.15, 0.2) is 12.0 Å². The second kappa shape index (κ2) is 26.3. The first-order chi connectivity index (χ1) is 44.4. The number of hydrogen-bond acceptors (Lipinski definition) is 17. The molecule has 4 aromatic carbocycles. The molecule has 4 aliphatic rings. The summed E-state index contributed by atoms with van der Waals surface area (Å²) in [6, 6.07) is 15.7. The third kappa shape index (κ3) is 13.8. The van der Waals surface area contributed by atoms with E-state index in [0.29, 0.717) is 93.0 Å². The Kier molecular flexibility index (Phi) is 18.4. The van der Waals surface area contributed by atoms with Gasteiger partial charge >= 0.3 is 12.1 Å². The second-order valence-electron chi connectivity index (χ2n) is 27.1. The number of aromatic nitrogens is 8. The van der Waals surface area contributed by atoms with Gasteiger partial charge in [0.25, 0.3) is 0 Å². The highest BCUT2D eigenvalue weighted by Gasteiger charge is 2.44. The van der Waals surface area contributed by atoms with Crippen molar-refractivity contribution in [2.45, 2.75) is 168 Å². The summed E-state index contributed by atoms with van der Waals surface area (Å²) in [5.74, 6) is -0.755. The van der Waals surface area contributed by atoms with E-state index in [2.05, 4.69) is 26.7 Å². The number of aliphatic hydroxyl groups is 2. The fraction of sp³-hybridized carbons (Fsp3) is 0.493.